The molecule has 1 saturated heterocycles. The number of aromatic nitrogens is 1. The van der Waals surface area contributed by atoms with Crippen molar-refractivity contribution in [2.24, 2.45) is 0 Å². The molecule has 1 amide bonds. The molecule has 0 spiro atoms. The van der Waals surface area contributed by atoms with E-state index in [0.717, 1.165) is 18.5 Å². The molecule has 0 N–H and O–H groups in total. The van der Waals surface area contributed by atoms with Crippen molar-refractivity contribution in [3.8, 4) is 5.95 Å². The van der Waals surface area contributed by atoms with Crippen molar-refractivity contribution in [3.05, 3.63) is 11.6 Å². The Balaban J connectivity index is 1.84. The molecule has 1 unspecified atom stereocenters. The first-order valence-corrected chi connectivity index (χ1v) is 6.48. The molecule has 0 aromatic carbocycles. The number of rotatable bonds is 6. The van der Waals surface area contributed by atoms with Crippen LogP contribution in [0.25, 0.3) is 0 Å². The number of oxazole rings is 1. The van der Waals surface area contributed by atoms with Crippen molar-refractivity contribution < 1.29 is 18.7 Å². The van der Waals surface area contributed by atoms with Gasteiger partial charge in [0.15, 0.2) is 5.89 Å². The number of hydrogen-bond donors (Lipinski definition) is 0. The van der Waals surface area contributed by atoms with E-state index in [1.807, 2.05) is 6.92 Å². The third-order valence-electron chi connectivity index (χ3n) is 3.32. The molecule has 0 saturated carbocycles. The van der Waals surface area contributed by atoms with Crippen LogP contribution in [0.4, 0.5) is 0 Å². The number of likely N-dealkylation sites (tertiary alicyclic amines) is 1. The average Bonchev–Trinajstić information content (AvgIpc) is 2.93. The first-order chi connectivity index (χ1) is 9.15. The topological polar surface area (TPSA) is 64.8 Å². The Bertz CT molecular complexity index is 444. The van der Waals surface area contributed by atoms with Crippen molar-refractivity contribution in [2.75, 3.05) is 20.8 Å². The van der Waals surface area contributed by atoms with Gasteiger partial charge in [0.05, 0.1) is 7.11 Å². The van der Waals surface area contributed by atoms with Gasteiger partial charge in [-0.2, -0.15) is 0 Å². The Hall–Kier alpha value is -1.56. The molecule has 0 bridgehead atoms. The van der Waals surface area contributed by atoms with E-state index in [1.165, 1.54) is 0 Å². The maximum Gasteiger partial charge on any atom is 0.307 e. The molecule has 1 fully saturated rings. The van der Waals surface area contributed by atoms with Crippen LogP contribution in [-0.2, 0) is 16.0 Å². The average molecular weight is 268 g/mol. The molecule has 1 aliphatic rings. The lowest BCUT2D eigenvalue weighted by molar-refractivity contribution is -0.134. The maximum atomic E-state index is 11.7. The Morgan fingerprint density at radius 1 is 1.47 bits per heavy atom. The van der Waals surface area contributed by atoms with E-state index in [2.05, 4.69) is 4.98 Å². The highest BCUT2D eigenvalue weighted by Crippen LogP contribution is 2.21. The lowest BCUT2D eigenvalue weighted by Crippen LogP contribution is -2.35. The molecule has 19 heavy (non-hydrogen) atoms. The third kappa shape index (κ3) is 3.07. The van der Waals surface area contributed by atoms with Gasteiger partial charge >= 0.3 is 5.95 Å². The highest BCUT2D eigenvalue weighted by Gasteiger charge is 2.30. The van der Waals surface area contributed by atoms with E-state index in [1.54, 1.807) is 19.1 Å². The Morgan fingerprint density at radius 3 is 2.89 bits per heavy atom. The fourth-order valence-electron chi connectivity index (χ4n) is 2.35. The van der Waals surface area contributed by atoms with E-state index >= 15 is 0 Å². The van der Waals surface area contributed by atoms with Crippen molar-refractivity contribution >= 4 is 5.91 Å². The third-order valence-corrected chi connectivity index (χ3v) is 3.32. The van der Waals surface area contributed by atoms with E-state index < -0.39 is 0 Å². The summed E-state index contributed by atoms with van der Waals surface area (Å²) in [5.41, 5.74) is 0.754. The number of carbonyl (C=O) groups is 1. The summed E-state index contributed by atoms with van der Waals surface area (Å²) in [5, 5.41) is 0. The van der Waals surface area contributed by atoms with Crippen LogP contribution in [0.3, 0.4) is 0 Å². The van der Waals surface area contributed by atoms with Crippen molar-refractivity contribution in [2.45, 2.75) is 38.8 Å². The van der Waals surface area contributed by atoms with E-state index in [4.69, 9.17) is 13.9 Å². The van der Waals surface area contributed by atoms with Crippen molar-refractivity contribution in [3.63, 3.8) is 0 Å². The van der Waals surface area contributed by atoms with E-state index in [-0.39, 0.29) is 12.1 Å². The number of hydrogen-bond acceptors (Lipinski definition) is 5. The van der Waals surface area contributed by atoms with Crippen molar-refractivity contribution in [1.82, 2.24) is 9.88 Å². The standard InChI is InChI=1S/C13H20N2O4/c1-9-13(18-3)19-10(14-9)5-4-8-15-11(16)6-7-12(15)17-2/h12H,4-8H2,1-3H3. The van der Waals surface area contributed by atoms with Gasteiger partial charge in [0, 0.05) is 32.9 Å². The SMILES string of the molecule is COc1oc(CCCN2C(=O)CCC2OC)nc1C. The molecular weight excluding hydrogens is 248 g/mol. The molecule has 1 aromatic heterocycles. The van der Waals surface area contributed by atoms with Gasteiger partial charge in [0.25, 0.3) is 0 Å². The highest BCUT2D eigenvalue weighted by molar-refractivity contribution is 5.78. The van der Waals surface area contributed by atoms with Gasteiger partial charge in [-0.05, 0) is 13.3 Å². The number of ether oxygens (including phenoxy) is 2. The minimum absolute atomic E-state index is 0.0756. The molecule has 1 aromatic rings. The van der Waals surface area contributed by atoms with Gasteiger partial charge < -0.3 is 18.8 Å². The Labute approximate surface area is 112 Å². The molecule has 0 radical (unpaired) electrons. The second-order valence-corrected chi connectivity index (χ2v) is 4.60. The van der Waals surface area contributed by atoms with Crippen LogP contribution < -0.4 is 4.74 Å². The summed E-state index contributed by atoms with van der Waals surface area (Å²) in [7, 11) is 3.20. The summed E-state index contributed by atoms with van der Waals surface area (Å²) < 4.78 is 15.8. The summed E-state index contributed by atoms with van der Waals surface area (Å²) in [4.78, 5) is 17.7. The van der Waals surface area contributed by atoms with Crippen LogP contribution in [0.5, 0.6) is 5.95 Å². The number of methoxy groups -OCH3 is 2. The summed E-state index contributed by atoms with van der Waals surface area (Å²) in [6.45, 7) is 2.51. The molecule has 2 rings (SSSR count). The zero-order valence-corrected chi connectivity index (χ0v) is 11.6. The first-order valence-electron chi connectivity index (χ1n) is 6.48. The predicted octanol–water partition coefficient (Wildman–Crippen LogP) is 1.52. The first kappa shape index (κ1) is 13.9. The van der Waals surface area contributed by atoms with Gasteiger partial charge in [-0.15, -0.1) is 0 Å². The van der Waals surface area contributed by atoms with Crippen LogP contribution in [-0.4, -0.2) is 42.8 Å². The van der Waals surface area contributed by atoms with Gasteiger partial charge in [0.2, 0.25) is 5.91 Å². The largest absolute Gasteiger partial charge is 0.467 e. The fourth-order valence-corrected chi connectivity index (χ4v) is 2.35. The van der Waals surface area contributed by atoms with Gasteiger partial charge in [-0.3, -0.25) is 4.79 Å². The lowest BCUT2D eigenvalue weighted by Gasteiger charge is -2.22. The summed E-state index contributed by atoms with van der Waals surface area (Å²) in [5.74, 6) is 1.27. The van der Waals surface area contributed by atoms with E-state index in [0.29, 0.717) is 31.2 Å². The molecular formula is C13H20N2O4. The fraction of sp³-hybridized carbons (Fsp3) is 0.692. The minimum atomic E-state index is -0.0756. The van der Waals surface area contributed by atoms with Crippen LogP contribution in [0.2, 0.25) is 0 Å². The van der Waals surface area contributed by atoms with Gasteiger partial charge in [-0.25, -0.2) is 4.98 Å². The zero-order chi connectivity index (χ0) is 13.8. The molecule has 2 heterocycles. The second kappa shape index (κ2) is 6.06. The number of aryl methyl sites for hydroxylation is 2. The number of carbonyl (C=O) groups excluding carboxylic acids is 1. The second-order valence-electron chi connectivity index (χ2n) is 4.60. The quantitative estimate of drug-likeness (QED) is 0.782. The summed E-state index contributed by atoms with van der Waals surface area (Å²) in [6, 6.07) is 0. The van der Waals surface area contributed by atoms with Gasteiger partial charge in [-0.1, -0.05) is 0 Å². The lowest BCUT2D eigenvalue weighted by atomic mass is 10.3. The van der Waals surface area contributed by atoms with Crippen LogP contribution in [0.1, 0.15) is 30.8 Å². The normalized spacial score (nSPS) is 19.2. The van der Waals surface area contributed by atoms with Crippen LogP contribution >= 0.6 is 0 Å². The van der Waals surface area contributed by atoms with Gasteiger partial charge in [0.1, 0.15) is 11.9 Å². The van der Waals surface area contributed by atoms with Crippen LogP contribution in [0.15, 0.2) is 4.42 Å². The van der Waals surface area contributed by atoms with Crippen LogP contribution in [0, 0.1) is 6.92 Å². The smallest absolute Gasteiger partial charge is 0.307 e. The maximum absolute atomic E-state index is 11.7. The number of nitrogens with zero attached hydrogens (tertiary/aromatic N) is 2. The highest BCUT2D eigenvalue weighted by atomic mass is 16.6. The number of amides is 1. The molecule has 106 valence electrons. The Kier molecular flexibility index (Phi) is 4.42. The summed E-state index contributed by atoms with van der Waals surface area (Å²) >= 11 is 0. The summed E-state index contributed by atoms with van der Waals surface area (Å²) in [6.07, 6.45) is 2.76. The molecule has 1 aliphatic heterocycles. The Morgan fingerprint density at radius 2 is 2.26 bits per heavy atom. The zero-order valence-electron chi connectivity index (χ0n) is 11.6. The minimum Gasteiger partial charge on any atom is -0.467 e. The monoisotopic (exact) mass is 268 g/mol. The molecule has 1 atom stereocenters. The predicted molar refractivity (Wildman–Crippen MR) is 67.9 cm³/mol. The molecule has 0 aliphatic carbocycles. The molecule has 6 heteroatoms. The van der Waals surface area contributed by atoms with Crippen molar-refractivity contribution in [1.29, 1.82) is 0 Å². The molecule has 6 nitrogen and oxygen atoms in total. The van der Waals surface area contributed by atoms with E-state index in [9.17, 15) is 4.79 Å².